The number of piperidine rings is 1. The van der Waals surface area contributed by atoms with Crippen molar-refractivity contribution in [3.63, 3.8) is 0 Å². The first-order valence-electron chi connectivity index (χ1n) is 6.99. The monoisotopic (exact) mass is 270 g/mol. The molecule has 0 aromatic heterocycles. The van der Waals surface area contributed by atoms with Crippen LogP contribution in [0.5, 0.6) is 0 Å². The summed E-state index contributed by atoms with van der Waals surface area (Å²) in [6, 6.07) is -0.303. The van der Waals surface area contributed by atoms with Gasteiger partial charge in [-0.25, -0.2) is 9.59 Å². The van der Waals surface area contributed by atoms with Crippen LogP contribution in [0.25, 0.3) is 0 Å². The summed E-state index contributed by atoms with van der Waals surface area (Å²) in [4.78, 5) is 25.2. The van der Waals surface area contributed by atoms with Crippen molar-refractivity contribution in [1.82, 2.24) is 10.2 Å². The maximum atomic E-state index is 12.2. The summed E-state index contributed by atoms with van der Waals surface area (Å²) in [5, 5.41) is 21.2. The number of urea groups is 1. The van der Waals surface area contributed by atoms with E-state index in [1.165, 1.54) is 0 Å². The average molecular weight is 270 g/mol. The minimum atomic E-state index is -1.08. The molecule has 2 fully saturated rings. The minimum Gasteiger partial charge on any atom is -0.480 e. The van der Waals surface area contributed by atoms with E-state index in [1.54, 1.807) is 4.90 Å². The lowest BCUT2D eigenvalue weighted by Crippen LogP contribution is -2.57. The summed E-state index contributed by atoms with van der Waals surface area (Å²) in [6.07, 6.45) is 4.47. The number of aliphatic hydroxyl groups excluding tert-OH is 1. The second kappa shape index (κ2) is 5.77. The lowest BCUT2D eigenvalue weighted by Gasteiger charge is -2.35. The summed E-state index contributed by atoms with van der Waals surface area (Å²) in [5.41, 5.74) is -1.08. The third-order valence-electron chi connectivity index (χ3n) is 4.28. The molecule has 1 saturated carbocycles. The van der Waals surface area contributed by atoms with Gasteiger partial charge in [0.15, 0.2) is 0 Å². The SMILES string of the molecule is O=C(NC1(C(=O)O)CCCC1)N1CCCC(CO)C1. The average Bonchev–Trinajstić information content (AvgIpc) is 2.88. The fourth-order valence-corrected chi connectivity index (χ4v) is 3.05. The van der Waals surface area contributed by atoms with Crippen molar-refractivity contribution < 1.29 is 19.8 Å². The van der Waals surface area contributed by atoms with Crippen LogP contribution in [-0.4, -0.2) is 52.3 Å². The zero-order valence-corrected chi connectivity index (χ0v) is 11.1. The predicted octanol–water partition coefficient (Wildman–Crippen LogP) is 0.798. The lowest BCUT2D eigenvalue weighted by molar-refractivity contribution is -0.144. The van der Waals surface area contributed by atoms with E-state index in [2.05, 4.69) is 5.32 Å². The van der Waals surface area contributed by atoms with Crippen LogP contribution in [0.1, 0.15) is 38.5 Å². The number of nitrogens with one attached hydrogen (secondary N) is 1. The second-order valence-corrected chi connectivity index (χ2v) is 5.66. The molecule has 108 valence electrons. The molecule has 6 heteroatoms. The Balaban J connectivity index is 1.97. The quantitative estimate of drug-likeness (QED) is 0.707. The molecule has 1 atom stereocenters. The Kier molecular flexibility index (Phi) is 4.29. The van der Waals surface area contributed by atoms with Gasteiger partial charge < -0.3 is 20.4 Å². The van der Waals surface area contributed by atoms with Gasteiger partial charge in [0, 0.05) is 19.7 Å². The molecule has 2 aliphatic rings. The fraction of sp³-hybridized carbons (Fsp3) is 0.846. The van der Waals surface area contributed by atoms with Crippen molar-refractivity contribution in [3.05, 3.63) is 0 Å². The van der Waals surface area contributed by atoms with Crippen molar-refractivity contribution in [1.29, 1.82) is 0 Å². The number of likely N-dealkylation sites (tertiary alicyclic amines) is 1. The molecular formula is C13H22N2O4. The molecular weight excluding hydrogens is 248 g/mol. The fourth-order valence-electron chi connectivity index (χ4n) is 3.05. The van der Waals surface area contributed by atoms with Crippen LogP contribution in [0, 0.1) is 5.92 Å². The van der Waals surface area contributed by atoms with Gasteiger partial charge in [-0.15, -0.1) is 0 Å². The molecule has 1 aliphatic carbocycles. The molecule has 1 unspecified atom stereocenters. The van der Waals surface area contributed by atoms with Crippen LogP contribution in [0.3, 0.4) is 0 Å². The van der Waals surface area contributed by atoms with Crippen LogP contribution >= 0.6 is 0 Å². The number of carbonyl (C=O) groups is 2. The third-order valence-corrected chi connectivity index (χ3v) is 4.28. The highest BCUT2D eigenvalue weighted by Gasteiger charge is 2.43. The largest absolute Gasteiger partial charge is 0.480 e. The lowest BCUT2D eigenvalue weighted by atomic mass is 9.97. The highest BCUT2D eigenvalue weighted by molar-refractivity contribution is 5.86. The van der Waals surface area contributed by atoms with Crippen LogP contribution in [0.15, 0.2) is 0 Å². The molecule has 3 N–H and O–H groups in total. The van der Waals surface area contributed by atoms with Gasteiger partial charge in [-0.05, 0) is 31.6 Å². The number of amides is 2. The van der Waals surface area contributed by atoms with Gasteiger partial charge in [-0.2, -0.15) is 0 Å². The molecule has 19 heavy (non-hydrogen) atoms. The molecule has 0 bridgehead atoms. The van der Waals surface area contributed by atoms with Gasteiger partial charge in [-0.3, -0.25) is 0 Å². The summed E-state index contributed by atoms with van der Waals surface area (Å²) < 4.78 is 0. The maximum absolute atomic E-state index is 12.2. The first-order chi connectivity index (χ1) is 9.07. The first kappa shape index (κ1) is 14.1. The van der Waals surface area contributed by atoms with E-state index < -0.39 is 11.5 Å². The minimum absolute atomic E-state index is 0.0772. The first-order valence-corrected chi connectivity index (χ1v) is 6.99. The van der Waals surface area contributed by atoms with E-state index in [1.807, 2.05) is 0 Å². The smallest absolute Gasteiger partial charge is 0.329 e. The van der Waals surface area contributed by atoms with Crippen LogP contribution in [0.4, 0.5) is 4.79 Å². The van der Waals surface area contributed by atoms with E-state index in [0.29, 0.717) is 25.9 Å². The zero-order chi connectivity index (χ0) is 13.9. The molecule has 6 nitrogen and oxygen atoms in total. The number of carboxylic acid groups (broad SMARTS) is 1. The molecule has 0 aromatic rings. The Morgan fingerprint density at radius 3 is 2.53 bits per heavy atom. The summed E-state index contributed by atoms with van der Waals surface area (Å²) >= 11 is 0. The van der Waals surface area contributed by atoms with Gasteiger partial charge in [0.05, 0.1) is 0 Å². The Morgan fingerprint density at radius 1 is 1.26 bits per heavy atom. The molecule has 1 heterocycles. The van der Waals surface area contributed by atoms with Gasteiger partial charge in [0.2, 0.25) is 0 Å². The number of aliphatic carboxylic acids is 1. The number of aliphatic hydroxyl groups is 1. The summed E-state index contributed by atoms with van der Waals surface area (Å²) in [7, 11) is 0. The highest BCUT2D eigenvalue weighted by atomic mass is 16.4. The van der Waals surface area contributed by atoms with Gasteiger partial charge in [0.1, 0.15) is 5.54 Å². The van der Waals surface area contributed by atoms with E-state index in [4.69, 9.17) is 5.11 Å². The molecule has 2 rings (SSSR count). The van der Waals surface area contributed by atoms with Crippen LogP contribution < -0.4 is 5.32 Å². The van der Waals surface area contributed by atoms with Gasteiger partial charge in [-0.1, -0.05) is 12.8 Å². The number of hydrogen-bond acceptors (Lipinski definition) is 3. The Hall–Kier alpha value is -1.30. The molecule has 1 aliphatic heterocycles. The molecule has 0 radical (unpaired) electrons. The topological polar surface area (TPSA) is 89.9 Å². The van der Waals surface area contributed by atoms with Crippen molar-refractivity contribution in [2.45, 2.75) is 44.1 Å². The molecule has 1 saturated heterocycles. The predicted molar refractivity (Wildman–Crippen MR) is 68.7 cm³/mol. The summed E-state index contributed by atoms with van der Waals surface area (Å²) in [6.45, 7) is 1.23. The van der Waals surface area contributed by atoms with Crippen molar-refractivity contribution >= 4 is 12.0 Å². The molecule has 2 amide bonds. The van der Waals surface area contributed by atoms with E-state index in [0.717, 1.165) is 25.7 Å². The van der Waals surface area contributed by atoms with Gasteiger partial charge in [0.25, 0.3) is 0 Å². The number of carboxylic acids is 1. The highest BCUT2D eigenvalue weighted by Crippen LogP contribution is 2.30. The number of hydrogen-bond donors (Lipinski definition) is 3. The third kappa shape index (κ3) is 3.00. The van der Waals surface area contributed by atoms with Gasteiger partial charge >= 0.3 is 12.0 Å². The Morgan fingerprint density at radius 2 is 1.95 bits per heavy atom. The Labute approximate surface area is 112 Å². The van der Waals surface area contributed by atoms with Crippen molar-refractivity contribution in [2.24, 2.45) is 5.92 Å². The Bertz CT molecular complexity index is 353. The number of rotatable bonds is 3. The van der Waals surface area contributed by atoms with E-state index in [-0.39, 0.29) is 18.6 Å². The second-order valence-electron chi connectivity index (χ2n) is 5.66. The van der Waals surface area contributed by atoms with E-state index in [9.17, 15) is 14.7 Å². The van der Waals surface area contributed by atoms with Crippen molar-refractivity contribution in [2.75, 3.05) is 19.7 Å². The normalized spacial score (nSPS) is 26.2. The van der Waals surface area contributed by atoms with Crippen LogP contribution in [0.2, 0.25) is 0 Å². The molecule has 0 aromatic carbocycles. The summed E-state index contributed by atoms with van der Waals surface area (Å²) in [5.74, 6) is -0.821. The zero-order valence-electron chi connectivity index (χ0n) is 11.1. The maximum Gasteiger partial charge on any atom is 0.329 e. The number of nitrogens with zero attached hydrogens (tertiary/aromatic N) is 1. The molecule has 0 spiro atoms. The van der Waals surface area contributed by atoms with Crippen LogP contribution in [-0.2, 0) is 4.79 Å². The van der Waals surface area contributed by atoms with E-state index >= 15 is 0 Å². The standard InChI is InChI=1S/C13H22N2O4/c16-9-10-4-3-7-15(8-10)12(19)14-13(11(17)18)5-1-2-6-13/h10,16H,1-9H2,(H,14,19)(H,17,18). The number of carbonyl (C=O) groups excluding carboxylic acids is 1. The van der Waals surface area contributed by atoms with Crippen molar-refractivity contribution in [3.8, 4) is 0 Å².